The molecule has 24 heavy (non-hydrogen) atoms. The van der Waals surface area contributed by atoms with Crippen LogP contribution in [0.25, 0.3) is 0 Å². The van der Waals surface area contributed by atoms with Crippen LogP contribution in [-0.4, -0.2) is 18.4 Å². The highest BCUT2D eigenvalue weighted by atomic mass is 16.2. The highest BCUT2D eigenvalue weighted by molar-refractivity contribution is 5.95. The predicted molar refractivity (Wildman–Crippen MR) is 93.4 cm³/mol. The van der Waals surface area contributed by atoms with Gasteiger partial charge in [-0.2, -0.15) is 0 Å². The van der Waals surface area contributed by atoms with Crippen LogP contribution in [0.15, 0.2) is 24.3 Å². The first kappa shape index (κ1) is 15.7. The van der Waals surface area contributed by atoms with Gasteiger partial charge < -0.3 is 10.2 Å². The van der Waals surface area contributed by atoms with Gasteiger partial charge in [0.25, 0.3) is 0 Å². The summed E-state index contributed by atoms with van der Waals surface area (Å²) in [5.74, 6) is 2.72. The number of nitrogens with one attached hydrogen (secondary N) is 1. The molecule has 128 valence electrons. The summed E-state index contributed by atoms with van der Waals surface area (Å²) in [5.41, 5.74) is 2.06. The van der Waals surface area contributed by atoms with Crippen LogP contribution >= 0.6 is 0 Å². The van der Waals surface area contributed by atoms with E-state index in [1.54, 1.807) is 0 Å². The third kappa shape index (κ3) is 3.19. The molecule has 3 unspecified atom stereocenters. The zero-order valence-electron chi connectivity index (χ0n) is 14.2. The van der Waals surface area contributed by atoms with Crippen LogP contribution in [0.4, 0.5) is 5.69 Å². The molecule has 0 radical (unpaired) electrons. The molecule has 2 aliphatic carbocycles. The molecular weight excluding hydrogens is 300 g/mol. The summed E-state index contributed by atoms with van der Waals surface area (Å²) in [6, 6.07) is 8.00. The second kappa shape index (κ2) is 6.58. The molecule has 1 aromatic carbocycles. The predicted octanol–water partition coefficient (Wildman–Crippen LogP) is 3.26. The Hall–Kier alpha value is -1.84. The minimum Gasteiger partial charge on any atom is -0.352 e. The Bertz CT molecular complexity index is 625. The minimum atomic E-state index is 0.186. The molecule has 1 saturated heterocycles. The Kier molecular flexibility index (Phi) is 4.30. The third-order valence-electron chi connectivity index (χ3n) is 6.14. The van der Waals surface area contributed by atoms with E-state index < -0.39 is 0 Å². The molecule has 2 bridgehead atoms. The highest BCUT2D eigenvalue weighted by Gasteiger charge is 2.40. The number of carbonyl (C=O) groups excluding carboxylic acids is 2. The van der Waals surface area contributed by atoms with Gasteiger partial charge in [0.15, 0.2) is 0 Å². The van der Waals surface area contributed by atoms with Crippen LogP contribution in [0.5, 0.6) is 0 Å². The number of benzene rings is 1. The van der Waals surface area contributed by atoms with Gasteiger partial charge in [-0.25, -0.2) is 0 Å². The summed E-state index contributed by atoms with van der Waals surface area (Å²) in [7, 11) is 0. The summed E-state index contributed by atoms with van der Waals surface area (Å²) in [6.45, 7) is 1.40. The van der Waals surface area contributed by atoms with Crippen molar-refractivity contribution in [2.24, 2.45) is 17.8 Å². The fourth-order valence-corrected chi connectivity index (χ4v) is 4.85. The average molecular weight is 326 g/mol. The lowest BCUT2D eigenvalue weighted by Gasteiger charge is -2.21. The van der Waals surface area contributed by atoms with E-state index >= 15 is 0 Å². The molecule has 4 heteroatoms. The lowest BCUT2D eigenvalue weighted by atomic mass is 9.86. The van der Waals surface area contributed by atoms with Crippen molar-refractivity contribution in [2.45, 2.75) is 51.5 Å². The van der Waals surface area contributed by atoms with E-state index in [4.69, 9.17) is 0 Å². The van der Waals surface area contributed by atoms with Gasteiger partial charge in [0, 0.05) is 31.6 Å². The molecular formula is C20H26N2O2. The zero-order chi connectivity index (χ0) is 16.5. The smallest absolute Gasteiger partial charge is 0.227 e. The van der Waals surface area contributed by atoms with Crippen LogP contribution in [0.2, 0.25) is 0 Å². The van der Waals surface area contributed by atoms with Gasteiger partial charge in [0.1, 0.15) is 0 Å². The summed E-state index contributed by atoms with van der Waals surface area (Å²) < 4.78 is 0. The fraction of sp³-hybridized carbons (Fsp3) is 0.600. The van der Waals surface area contributed by atoms with E-state index in [-0.39, 0.29) is 11.8 Å². The number of hydrogen-bond acceptors (Lipinski definition) is 2. The quantitative estimate of drug-likeness (QED) is 0.903. The average Bonchev–Trinajstić information content (AvgIpc) is 3.30. The number of fused-ring (bicyclic) bond motifs is 2. The Morgan fingerprint density at radius 2 is 2.00 bits per heavy atom. The molecule has 4 rings (SSSR count). The van der Waals surface area contributed by atoms with Crippen LogP contribution in [0.3, 0.4) is 0 Å². The lowest BCUT2D eigenvalue weighted by molar-refractivity contribution is -0.122. The van der Waals surface area contributed by atoms with E-state index in [0.29, 0.717) is 25.3 Å². The number of rotatable bonds is 5. The Balaban J connectivity index is 1.26. The van der Waals surface area contributed by atoms with Crippen LogP contribution in [-0.2, 0) is 16.1 Å². The van der Waals surface area contributed by atoms with Crippen molar-refractivity contribution in [3.05, 3.63) is 29.8 Å². The first-order chi connectivity index (χ1) is 11.7. The Labute approximate surface area is 143 Å². The molecule has 1 aromatic rings. The summed E-state index contributed by atoms with van der Waals surface area (Å²) in [5, 5.41) is 3.06. The van der Waals surface area contributed by atoms with Gasteiger partial charge in [-0.1, -0.05) is 18.6 Å². The number of amides is 2. The van der Waals surface area contributed by atoms with Gasteiger partial charge in [0.2, 0.25) is 11.8 Å². The van der Waals surface area contributed by atoms with Crippen LogP contribution < -0.4 is 10.2 Å². The molecule has 4 nitrogen and oxygen atoms in total. The molecule has 2 saturated carbocycles. The van der Waals surface area contributed by atoms with Gasteiger partial charge >= 0.3 is 0 Å². The van der Waals surface area contributed by atoms with E-state index in [2.05, 4.69) is 5.32 Å². The summed E-state index contributed by atoms with van der Waals surface area (Å²) >= 11 is 0. The third-order valence-corrected chi connectivity index (χ3v) is 6.14. The van der Waals surface area contributed by atoms with Crippen molar-refractivity contribution in [1.29, 1.82) is 0 Å². The molecule has 0 spiro atoms. The van der Waals surface area contributed by atoms with Crippen LogP contribution in [0.1, 0.15) is 50.5 Å². The number of nitrogens with zero attached hydrogens (tertiary/aromatic N) is 1. The first-order valence-electron chi connectivity index (χ1n) is 9.35. The Morgan fingerprint density at radius 3 is 2.62 bits per heavy atom. The van der Waals surface area contributed by atoms with E-state index in [9.17, 15) is 9.59 Å². The minimum absolute atomic E-state index is 0.186. The highest BCUT2D eigenvalue weighted by Crippen LogP contribution is 2.49. The molecule has 1 aliphatic heterocycles. The fourth-order valence-electron chi connectivity index (χ4n) is 4.85. The maximum absolute atomic E-state index is 12.2. The van der Waals surface area contributed by atoms with Gasteiger partial charge in [0.05, 0.1) is 0 Å². The molecule has 3 aliphatic rings. The van der Waals surface area contributed by atoms with E-state index in [1.165, 1.54) is 25.7 Å². The standard InChI is InChI=1S/C20H26N2O2/c23-19(12-17-11-15-3-6-16(17)10-15)21-13-14-4-7-18(8-5-14)22-9-1-2-20(22)24/h4-5,7-8,15-17H,1-3,6,9-13H2,(H,21,23). The Morgan fingerprint density at radius 1 is 1.17 bits per heavy atom. The maximum Gasteiger partial charge on any atom is 0.227 e. The number of anilines is 1. The normalized spacial score (nSPS) is 28.6. The molecule has 3 atom stereocenters. The second-order valence-corrected chi connectivity index (χ2v) is 7.73. The summed E-state index contributed by atoms with van der Waals surface area (Å²) in [6.07, 6.45) is 7.63. The lowest BCUT2D eigenvalue weighted by Crippen LogP contribution is -2.27. The molecule has 1 N–H and O–H groups in total. The SMILES string of the molecule is O=C(CC1CC2CCC1C2)NCc1ccc(N2CCCC2=O)cc1. The largest absolute Gasteiger partial charge is 0.352 e. The molecule has 3 fully saturated rings. The van der Waals surface area contributed by atoms with Crippen molar-refractivity contribution in [3.63, 3.8) is 0 Å². The molecule has 1 heterocycles. The van der Waals surface area contributed by atoms with Crippen molar-refractivity contribution < 1.29 is 9.59 Å². The molecule has 2 amide bonds. The van der Waals surface area contributed by atoms with E-state index in [1.807, 2.05) is 29.2 Å². The second-order valence-electron chi connectivity index (χ2n) is 7.73. The number of carbonyl (C=O) groups is 2. The first-order valence-corrected chi connectivity index (χ1v) is 9.35. The van der Waals surface area contributed by atoms with Crippen molar-refractivity contribution in [1.82, 2.24) is 5.32 Å². The van der Waals surface area contributed by atoms with Crippen molar-refractivity contribution in [2.75, 3.05) is 11.4 Å². The van der Waals surface area contributed by atoms with Gasteiger partial charge in [-0.05, 0) is 61.1 Å². The van der Waals surface area contributed by atoms with Crippen molar-refractivity contribution in [3.8, 4) is 0 Å². The monoisotopic (exact) mass is 326 g/mol. The maximum atomic E-state index is 12.2. The van der Waals surface area contributed by atoms with Gasteiger partial charge in [-0.3, -0.25) is 9.59 Å². The summed E-state index contributed by atoms with van der Waals surface area (Å²) in [4.78, 5) is 25.8. The zero-order valence-corrected chi connectivity index (χ0v) is 14.2. The number of hydrogen-bond donors (Lipinski definition) is 1. The topological polar surface area (TPSA) is 49.4 Å². The van der Waals surface area contributed by atoms with Crippen molar-refractivity contribution >= 4 is 17.5 Å². The van der Waals surface area contributed by atoms with E-state index in [0.717, 1.165) is 36.1 Å². The van der Waals surface area contributed by atoms with Crippen LogP contribution in [0, 0.1) is 17.8 Å². The molecule has 0 aromatic heterocycles. The van der Waals surface area contributed by atoms with Gasteiger partial charge in [-0.15, -0.1) is 0 Å².